The molecule has 0 aliphatic carbocycles. The number of hydrogen-bond donors (Lipinski definition) is 3. The van der Waals surface area contributed by atoms with Gasteiger partial charge >= 0.3 is 0 Å². The van der Waals surface area contributed by atoms with Crippen molar-refractivity contribution in [3.8, 4) is 0 Å². The first-order chi connectivity index (χ1) is 16.0. The van der Waals surface area contributed by atoms with Crippen LogP contribution in [0.2, 0.25) is 0 Å². The zero-order valence-electron chi connectivity index (χ0n) is 17.3. The fraction of sp³-hybridized carbons (Fsp3) is 0.304. The fourth-order valence-corrected chi connectivity index (χ4v) is 6.08. The Balaban J connectivity index is 1.58. The molecule has 166 valence electrons. The van der Waals surface area contributed by atoms with E-state index >= 15 is 0 Å². The molecular formula is C23H19N5O5. The SMILES string of the molecule is O=C1N[C@@H]2c3nc4ccccc4c(=O)n3[C@H]1C[C@]1(O)c3ccccc3N3C(=O)[C@H](CO)N2[C@H]31. The molecule has 3 N–H and O–H groups in total. The van der Waals surface area contributed by atoms with Gasteiger partial charge in [0.1, 0.15) is 30.0 Å². The number of rotatable bonds is 1. The minimum absolute atomic E-state index is 0.126. The quantitative estimate of drug-likeness (QED) is 0.470. The number of nitrogens with zero attached hydrogens (tertiary/aromatic N) is 4. The zero-order chi connectivity index (χ0) is 22.6. The van der Waals surface area contributed by atoms with Gasteiger partial charge in [-0.2, -0.15) is 0 Å². The van der Waals surface area contributed by atoms with Crippen molar-refractivity contribution in [2.24, 2.45) is 0 Å². The van der Waals surface area contributed by atoms with Crippen LogP contribution in [0.1, 0.15) is 30.0 Å². The molecule has 2 amide bonds. The van der Waals surface area contributed by atoms with Crippen molar-refractivity contribution < 1.29 is 19.8 Å². The number of nitrogens with one attached hydrogen (secondary N) is 1. The molecule has 10 nitrogen and oxygen atoms in total. The van der Waals surface area contributed by atoms with Crippen LogP contribution in [0.25, 0.3) is 10.9 Å². The van der Waals surface area contributed by atoms with Crippen molar-refractivity contribution in [3.63, 3.8) is 0 Å². The highest BCUT2D eigenvalue weighted by atomic mass is 16.3. The Morgan fingerprint density at radius 3 is 2.67 bits per heavy atom. The molecule has 1 fully saturated rings. The lowest BCUT2D eigenvalue weighted by Crippen LogP contribution is -2.64. The zero-order valence-corrected chi connectivity index (χ0v) is 17.3. The highest BCUT2D eigenvalue weighted by Crippen LogP contribution is 2.55. The molecule has 10 heteroatoms. The second kappa shape index (κ2) is 6.04. The van der Waals surface area contributed by atoms with Crippen molar-refractivity contribution in [2.45, 2.75) is 36.4 Å². The number of aliphatic hydroxyl groups is 2. The third kappa shape index (κ3) is 2.09. The molecule has 5 atom stereocenters. The van der Waals surface area contributed by atoms with E-state index in [0.717, 1.165) is 0 Å². The number of aliphatic hydroxyl groups excluding tert-OH is 1. The molecule has 1 aromatic heterocycles. The summed E-state index contributed by atoms with van der Waals surface area (Å²) in [6, 6.07) is 11.9. The summed E-state index contributed by atoms with van der Waals surface area (Å²) in [5, 5.41) is 25.6. The van der Waals surface area contributed by atoms with Gasteiger partial charge in [-0.25, -0.2) is 9.88 Å². The first-order valence-electron chi connectivity index (χ1n) is 10.8. The van der Waals surface area contributed by atoms with E-state index in [1.165, 1.54) is 9.47 Å². The van der Waals surface area contributed by atoms with E-state index in [0.29, 0.717) is 22.2 Å². The van der Waals surface area contributed by atoms with E-state index in [4.69, 9.17) is 4.98 Å². The first-order valence-corrected chi connectivity index (χ1v) is 10.8. The average molecular weight is 445 g/mol. The lowest BCUT2D eigenvalue weighted by atomic mass is 9.83. The number of amides is 2. The van der Waals surface area contributed by atoms with Gasteiger partial charge in [-0.3, -0.25) is 23.9 Å². The number of carbonyl (C=O) groups excluding carboxylic acids is 2. The molecular weight excluding hydrogens is 426 g/mol. The number of aromatic nitrogens is 2. The van der Waals surface area contributed by atoms with Crippen LogP contribution in [0.3, 0.4) is 0 Å². The second-order valence-corrected chi connectivity index (χ2v) is 8.96. The summed E-state index contributed by atoms with van der Waals surface area (Å²) in [5.74, 6) is -0.528. The Morgan fingerprint density at radius 2 is 1.85 bits per heavy atom. The highest BCUT2D eigenvalue weighted by Gasteiger charge is 2.66. The van der Waals surface area contributed by atoms with Crippen LogP contribution >= 0.6 is 0 Å². The van der Waals surface area contributed by atoms with Crippen LogP contribution in [0.15, 0.2) is 53.3 Å². The summed E-state index contributed by atoms with van der Waals surface area (Å²) in [5.41, 5.74) is -0.467. The third-order valence-corrected chi connectivity index (χ3v) is 7.42. The summed E-state index contributed by atoms with van der Waals surface area (Å²) >= 11 is 0. The normalized spacial score (nSPS) is 31.8. The number of para-hydroxylation sites is 2. The average Bonchev–Trinajstić information content (AvgIpc) is 3.24. The molecule has 0 radical (unpaired) electrons. The second-order valence-electron chi connectivity index (χ2n) is 8.96. The highest BCUT2D eigenvalue weighted by molar-refractivity contribution is 6.03. The van der Waals surface area contributed by atoms with E-state index < -0.39 is 42.5 Å². The molecule has 2 aromatic carbocycles. The van der Waals surface area contributed by atoms with Crippen LogP contribution in [0, 0.1) is 0 Å². The molecule has 1 saturated heterocycles. The Bertz CT molecular complexity index is 1450. The van der Waals surface area contributed by atoms with Gasteiger partial charge in [0.15, 0.2) is 5.82 Å². The number of hydrogen-bond acceptors (Lipinski definition) is 7. The molecule has 3 aromatic rings. The van der Waals surface area contributed by atoms with E-state index in [1.54, 1.807) is 53.4 Å². The minimum Gasteiger partial charge on any atom is -0.394 e. The lowest BCUT2D eigenvalue weighted by Gasteiger charge is -2.48. The Labute approximate surface area is 186 Å². The molecule has 4 aliphatic heterocycles. The maximum absolute atomic E-state index is 13.6. The molecule has 7 rings (SSSR count). The van der Waals surface area contributed by atoms with Crippen molar-refractivity contribution in [3.05, 3.63) is 70.3 Å². The Hall–Kier alpha value is -3.60. The van der Waals surface area contributed by atoms with Gasteiger partial charge in [0.2, 0.25) is 11.8 Å². The fourth-order valence-electron chi connectivity index (χ4n) is 6.08. The minimum atomic E-state index is -1.63. The van der Waals surface area contributed by atoms with Crippen LogP contribution < -0.4 is 15.8 Å². The standard InChI is InChI=1S/C23H19N5O5/c29-10-16-21(32)28-14-8-4-2-6-12(14)23(33)9-15-19(30)25-18(27(16)22(23)28)17-24-13-7-3-1-5-11(13)20(31)26(15)17/h1-8,15-16,18,22,29,33H,9-10H2,(H,25,30)/t15-,16-,18-,22+,23-/m0/s1. The van der Waals surface area contributed by atoms with Crippen LogP contribution in [-0.4, -0.2) is 55.3 Å². The van der Waals surface area contributed by atoms with Gasteiger partial charge in [-0.05, 0) is 18.2 Å². The maximum Gasteiger partial charge on any atom is 0.262 e. The third-order valence-electron chi connectivity index (χ3n) is 7.42. The van der Waals surface area contributed by atoms with E-state index in [1.807, 2.05) is 0 Å². The molecule has 4 aliphatic rings. The number of benzene rings is 2. The van der Waals surface area contributed by atoms with E-state index in [-0.39, 0.29) is 23.7 Å². The van der Waals surface area contributed by atoms with Crippen molar-refractivity contribution in [1.29, 1.82) is 0 Å². The van der Waals surface area contributed by atoms with Gasteiger partial charge in [-0.1, -0.05) is 30.3 Å². The Morgan fingerprint density at radius 1 is 1.09 bits per heavy atom. The van der Waals surface area contributed by atoms with Crippen molar-refractivity contribution in [1.82, 2.24) is 19.8 Å². The number of fused-ring (bicyclic) bond motifs is 5. The molecule has 5 heterocycles. The molecule has 0 spiro atoms. The van der Waals surface area contributed by atoms with Crippen LogP contribution in [0.4, 0.5) is 5.69 Å². The molecule has 0 unspecified atom stereocenters. The molecule has 0 saturated carbocycles. The van der Waals surface area contributed by atoms with Gasteiger partial charge in [0.25, 0.3) is 5.56 Å². The Kier molecular flexibility index (Phi) is 3.47. The van der Waals surface area contributed by atoms with Gasteiger partial charge in [-0.15, -0.1) is 0 Å². The molecule has 33 heavy (non-hydrogen) atoms. The van der Waals surface area contributed by atoms with Gasteiger partial charge < -0.3 is 15.5 Å². The molecule has 2 bridgehead atoms. The van der Waals surface area contributed by atoms with E-state index in [2.05, 4.69) is 5.32 Å². The predicted octanol–water partition coefficient (Wildman–Crippen LogP) is -0.293. The van der Waals surface area contributed by atoms with Crippen LogP contribution in [-0.2, 0) is 15.2 Å². The predicted molar refractivity (Wildman–Crippen MR) is 115 cm³/mol. The van der Waals surface area contributed by atoms with Gasteiger partial charge in [0.05, 0.1) is 23.2 Å². The largest absolute Gasteiger partial charge is 0.394 e. The summed E-state index contributed by atoms with van der Waals surface area (Å²) < 4.78 is 1.35. The topological polar surface area (TPSA) is 128 Å². The number of anilines is 1. The monoisotopic (exact) mass is 445 g/mol. The summed E-state index contributed by atoms with van der Waals surface area (Å²) in [6.45, 7) is -0.516. The first kappa shape index (κ1) is 18.9. The number of carbonyl (C=O) groups is 2. The summed E-state index contributed by atoms with van der Waals surface area (Å²) in [7, 11) is 0. The van der Waals surface area contributed by atoms with Crippen molar-refractivity contribution in [2.75, 3.05) is 11.5 Å². The van der Waals surface area contributed by atoms with Crippen molar-refractivity contribution >= 4 is 28.4 Å². The van der Waals surface area contributed by atoms with Crippen LogP contribution in [0.5, 0.6) is 0 Å². The van der Waals surface area contributed by atoms with Gasteiger partial charge in [0, 0.05) is 12.0 Å². The summed E-state index contributed by atoms with van der Waals surface area (Å²) in [4.78, 5) is 48.1. The summed E-state index contributed by atoms with van der Waals surface area (Å²) in [6.07, 6.45) is -1.97. The smallest absolute Gasteiger partial charge is 0.262 e. The maximum atomic E-state index is 13.6. The lowest BCUT2D eigenvalue weighted by molar-refractivity contribution is -0.145. The van der Waals surface area contributed by atoms with E-state index in [9.17, 15) is 24.6 Å².